The summed E-state index contributed by atoms with van der Waals surface area (Å²) in [5.74, 6) is 0.414. The zero-order valence-electron chi connectivity index (χ0n) is 10.6. The van der Waals surface area contributed by atoms with E-state index in [1.807, 2.05) is 13.8 Å². The van der Waals surface area contributed by atoms with Crippen LogP contribution in [0.4, 0.5) is 0 Å². The summed E-state index contributed by atoms with van der Waals surface area (Å²) in [4.78, 5) is 12.0. The van der Waals surface area contributed by atoms with E-state index in [2.05, 4.69) is 39.9 Å². The van der Waals surface area contributed by atoms with Crippen molar-refractivity contribution in [2.24, 2.45) is 11.3 Å². The largest absolute Gasteiger partial charge is 0.305 e. The molecule has 1 N–H and O–H groups in total. The fraction of sp³-hybridized carbons (Fsp3) is 0.917. The van der Waals surface area contributed by atoms with Crippen LogP contribution in [-0.2, 0) is 4.79 Å². The molecule has 0 bridgehead atoms. The number of ketones is 1. The first-order valence-corrected chi connectivity index (χ1v) is 5.46. The lowest BCUT2D eigenvalue weighted by Crippen LogP contribution is -2.50. The Balaban J connectivity index is 4.65. The molecule has 0 aliphatic rings. The molecule has 0 spiro atoms. The van der Waals surface area contributed by atoms with Crippen LogP contribution in [0.3, 0.4) is 0 Å². The van der Waals surface area contributed by atoms with Crippen molar-refractivity contribution >= 4 is 5.78 Å². The molecule has 0 saturated heterocycles. The minimum Gasteiger partial charge on any atom is -0.305 e. The molecule has 0 rings (SSSR count). The smallest absolute Gasteiger partial charge is 0.152 e. The van der Waals surface area contributed by atoms with Crippen molar-refractivity contribution in [1.29, 1.82) is 0 Å². The number of rotatable bonds is 4. The van der Waals surface area contributed by atoms with Crippen molar-refractivity contribution in [2.75, 3.05) is 0 Å². The van der Waals surface area contributed by atoms with Crippen LogP contribution < -0.4 is 5.32 Å². The van der Waals surface area contributed by atoms with E-state index in [1.54, 1.807) is 0 Å². The van der Waals surface area contributed by atoms with Gasteiger partial charge in [-0.3, -0.25) is 4.79 Å². The molecule has 14 heavy (non-hydrogen) atoms. The molecule has 2 heteroatoms. The number of hydrogen-bond donors (Lipinski definition) is 1. The highest BCUT2D eigenvalue weighted by Crippen LogP contribution is 2.22. The molecule has 0 aromatic heterocycles. The Kier molecular flexibility index (Phi) is 4.79. The number of hydrogen-bond acceptors (Lipinski definition) is 2. The monoisotopic (exact) mass is 199 g/mol. The number of carbonyl (C=O) groups is 1. The van der Waals surface area contributed by atoms with Crippen LogP contribution >= 0.6 is 0 Å². The third kappa shape index (κ3) is 4.23. The molecular weight excluding hydrogens is 174 g/mol. The van der Waals surface area contributed by atoms with E-state index >= 15 is 0 Å². The first-order valence-electron chi connectivity index (χ1n) is 5.46. The van der Waals surface area contributed by atoms with Gasteiger partial charge in [-0.15, -0.1) is 0 Å². The molecule has 0 aromatic carbocycles. The Morgan fingerprint density at radius 2 is 1.50 bits per heavy atom. The zero-order chi connectivity index (χ0) is 11.5. The Morgan fingerprint density at radius 3 is 1.71 bits per heavy atom. The molecule has 0 aromatic rings. The minimum absolute atomic E-state index is 0.00831. The molecule has 0 heterocycles. The molecule has 1 atom stereocenters. The van der Waals surface area contributed by atoms with Gasteiger partial charge in [-0.05, 0) is 5.41 Å². The van der Waals surface area contributed by atoms with Crippen molar-refractivity contribution in [3.63, 3.8) is 0 Å². The van der Waals surface area contributed by atoms with Crippen molar-refractivity contribution in [3.8, 4) is 0 Å². The van der Waals surface area contributed by atoms with Crippen LogP contribution in [0.15, 0.2) is 0 Å². The summed E-state index contributed by atoms with van der Waals surface area (Å²) in [5, 5.41) is 3.35. The Bertz CT molecular complexity index is 189. The van der Waals surface area contributed by atoms with Gasteiger partial charge in [-0.2, -0.15) is 0 Å². The van der Waals surface area contributed by atoms with Crippen LogP contribution in [0.1, 0.15) is 48.5 Å². The maximum absolute atomic E-state index is 12.0. The second-order valence-electron chi connectivity index (χ2n) is 5.68. The summed E-state index contributed by atoms with van der Waals surface area (Å²) in [6, 6.07) is 0.310. The first-order chi connectivity index (χ1) is 6.16. The van der Waals surface area contributed by atoms with E-state index < -0.39 is 0 Å². The summed E-state index contributed by atoms with van der Waals surface area (Å²) < 4.78 is 0. The first kappa shape index (κ1) is 13.6. The van der Waals surface area contributed by atoms with Crippen molar-refractivity contribution in [1.82, 2.24) is 5.32 Å². The van der Waals surface area contributed by atoms with Crippen LogP contribution in [0.5, 0.6) is 0 Å². The highest BCUT2D eigenvalue weighted by Gasteiger charge is 2.32. The number of carbonyl (C=O) groups excluding carboxylic acids is 1. The van der Waals surface area contributed by atoms with E-state index in [4.69, 9.17) is 0 Å². The highest BCUT2D eigenvalue weighted by atomic mass is 16.1. The lowest BCUT2D eigenvalue weighted by atomic mass is 9.81. The lowest BCUT2D eigenvalue weighted by Gasteiger charge is -2.33. The van der Waals surface area contributed by atoms with Gasteiger partial charge in [0, 0.05) is 12.0 Å². The third-order valence-corrected chi connectivity index (χ3v) is 2.22. The van der Waals surface area contributed by atoms with Gasteiger partial charge >= 0.3 is 0 Å². The minimum atomic E-state index is -0.0394. The zero-order valence-corrected chi connectivity index (χ0v) is 10.6. The van der Waals surface area contributed by atoms with E-state index in [0.29, 0.717) is 11.8 Å². The van der Waals surface area contributed by atoms with Crippen LogP contribution in [0.2, 0.25) is 0 Å². The quantitative estimate of drug-likeness (QED) is 0.754. The lowest BCUT2D eigenvalue weighted by molar-refractivity contribution is -0.126. The highest BCUT2D eigenvalue weighted by molar-refractivity contribution is 5.86. The average Bonchev–Trinajstić information content (AvgIpc) is 1.96. The molecule has 0 aliphatic carbocycles. The standard InChI is InChI=1S/C12H25NO/c1-8(2)10(14)11(12(5,6)7)13-9(3)4/h8-9,11,13H,1-7H3. The summed E-state index contributed by atoms with van der Waals surface area (Å²) in [6.07, 6.45) is 0. The maximum atomic E-state index is 12.0. The Hall–Kier alpha value is -0.370. The van der Waals surface area contributed by atoms with Crippen LogP contribution in [0.25, 0.3) is 0 Å². The molecule has 2 nitrogen and oxygen atoms in total. The van der Waals surface area contributed by atoms with E-state index in [0.717, 1.165) is 0 Å². The molecule has 0 radical (unpaired) electrons. The van der Waals surface area contributed by atoms with Crippen molar-refractivity contribution < 1.29 is 4.79 Å². The fourth-order valence-electron chi connectivity index (χ4n) is 1.43. The number of Topliss-reactive ketones (excluding diaryl/α,β-unsaturated/α-hetero) is 1. The van der Waals surface area contributed by atoms with E-state index in [1.165, 1.54) is 0 Å². The predicted molar refractivity (Wildman–Crippen MR) is 61.4 cm³/mol. The second kappa shape index (κ2) is 4.92. The third-order valence-electron chi connectivity index (χ3n) is 2.22. The molecular formula is C12H25NO. The molecule has 84 valence electrons. The average molecular weight is 199 g/mol. The predicted octanol–water partition coefficient (Wildman–Crippen LogP) is 2.62. The maximum Gasteiger partial charge on any atom is 0.152 e. The molecule has 0 amide bonds. The van der Waals surface area contributed by atoms with Gasteiger partial charge in [-0.25, -0.2) is 0 Å². The topological polar surface area (TPSA) is 29.1 Å². The normalized spacial score (nSPS) is 14.9. The van der Waals surface area contributed by atoms with Crippen LogP contribution in [-0.4, -0.2) is 17.9 Å². The molecule has 1 unspecified atom stereocenters. The van der Waals surface area contributed by atoms with Gasteiger partial charge in [0.15, 0.2) is 5.78 Å². The van der Waals surface area contributed by atoms with Gasteiger partial charge < -0.3 is 5.32 Å². The molecule has 0 aliphatic heterocycles. The summed E-state index contributed by atoms with van der Waals surface area (Å²) in [5.41, 5.74) is -0.00831. The van der Waals surface area contributed by atoms with E-state index in [9.17, 15) is 4.79 Å². The van der Waals surface area contributed by atoms with Crippen LogP contribution in [0, 0.1) is 11.3 Å². The SMILES string of the molecule is CC(C)NC(C(=O)C(C)C)C(C)(C)C. The summed E-state index contributed by atoms with van der Waals surface area (Å²) in [7, 11) is 0. The van der Waals surface area contributed by atoms with Crippen molar-refractivity contribution in [3.05, 3.63) is 0 Å². The van der Waals surface area contributed by atoms with E-state index in [-0.39, 0.29) is 17.4 Å². The van der Waals surface area contributed by atoms with Gasteiger partial charge in [0.05, 0.1) is 6.04 Å². The molecule has 0 saturated carbocycles. The number of nitrogens with one attached hydrogen (secondary N) is 1. The summed E-state index contributed by atoms with van der Waals surface area (Å²) in [6.45, 7) is 14.4. The van der Waals surface area contributed by atoms with Gasteiger partial charge in [0.25, 0.3) is 0 Å². The fourth-order valence-corrected chi connectivity index (χ4v) is 1.43. The van der Waals surface area contributed by atoms with Gasteiger partial charge in [-0.1, -0.05) is 48.5 Å². The Morgan fingerprint density at radius 1 is 1.07 bits per heavy atom. The van der Waals surface area contributed by atoms with Gasteiger partial charge in [0.1, 0.15) is 0 Å². The van der Waals surface area contributed by atoms with Crippen molar-refractivity contribution in [2.45, 2.75) is 60.5 Å². The second-order valence-corrected chi connectivity index (χ2v) is 5.68. The van der Waals surface area contributed by atoms with Gasteiger partial charge in [0.2, 0.25) is 0 Å². The Labute approximate surface area is 88.5 Å². The molecule has 0 fully saturated rings. The summed E-state index contributed by atoms with van der Waals surface area (Å²) >= 11 is 0.